The lowest BCUT2D eigenvalue weighted by molar-refractivity contribution is 0.101. The summed E-state index contributed by atoms with van der Waals surface area (Å²) >= 11 is 0. The van der Waals surface area contributed by atoms with Gasteiger partial charge >= 0.3 is 0 Å². The van der Waals surface area contributed by atoms with Crippen LogP contribution in [0, 0.1) is 27.7 Å². The van der Waals surface area contributed by atoms with Crippen LogP contribution in [-0.4, -0.2) is 5.78 Å². The molecule has 4 rings (SSSR count). The number of benzene rings is 2. The number of carbonyl (C=O) groups is 1. The third-order valence-electron chi connectivity index (χ3n) is 4.96. The number of ketones is 1. The fraction of sp³-hybridized carbons (Fsp3) is 0.208. The molecular formula is C24H22O4. The highest BCUT2D eigenvalue weighted by Crippen LogP contribution is 2.39. The molecule has 142 valence electrons. The van der Waals surface area contributed by atoms with Gasteiger partial charge < -0.3 is 13.9 Å². The molecule has 0 fully saturated rings. The first-order valence-electron chi connectivity index (χ1n) is 9.25. The van der Waals surface area contributed by atoms with Crippen molar-refractivity contribution in [3.63, 3.8) is 0 Å². The van der Waals surface area contributed by atoms with Crippen LogP contribution in [0.1, 0.15) is 44.1 Å². The van der Waals surface area contributed by atoms with E-state index in [9.17, 15) is 4.79 Å². The summed E-state index contributed by atoms with van der Waals surface area (Å²) in [4.78, 5) is 12.7. The van der Waals surface area contributed by atoms with Crippen LogP contribution in [0.15, 0.2) is 52.6 Å². The quantitative estimate of drug-likeness (QED) is 0.549. The predicted octanol–water partition coefficient (Wildman–Crippen LogP) is 5.71. The normalized spacial score (nSPS) is 14.3. The topological polar surface area (TPSA) is 48.7 Å². The van der Waals surface area contributed by atoms with Gasteiger partial charge in [0.2, 0.25) is 5.78 Å². The van der Waals surface area contributed by atoms with E-state index in [0.29, 0.717) is 29.4 Å². The van der Waals surface area contributed by atoms with E-state index >= 15 is 0 Å². The highest BCUT2D eigenvalue weighted by molar-refractivity contribution is 6.14. The van der Waals surface area contributed by atoms with Crippen LogP contribution in [0.2, 0.25) is 0 Å². The standard InChI is InChI=1S/C24H22O4/c1-14-5-6-15(2)18(11-14)13-26-21-10-9-20-23(25)22(28-24(20)17(21)4)12-19-8-7-16(3)27-19/h5-12H,13H2,1-4H3/b22-12-. The Morgan fingerprint density at radius 3 is 2.57 bits per heavy atom. The smallest absolute Gasteiger partial charge is 0.232 e. The summed E-state index contributed by atoms with van der Waals surface area (Å²) in [5.74, 6) is 2.76. The molecule has 4 heteroatoms. The van der Waals surface area contributed by atoms with Gasteiger partial charge in [-0.05, 0) is 63.1 Å². The van der Waals surface area contributed by atoms with E-state index in [1.54, 1.807) is 12.1 Å². The first-order valence-corrected chi connectivity index (χ1v) is 9.25. The molecule has 0 atom stereocenters. The minimum Gasteiger partial charge on any atom is -0.488 e. The second kappa shape index (κ2) is 7.04. The summed E-state index contributed by atoms with van der Waals surface area (Å²) < 4.78 is 17.4. The van der Waals surface area contributed by atoms with Gasteiger partial charge in [-0.1, -0.05) is 23.8 Å². The highest BCUT2D eigenvalue weighted by Gasteiger charge is 2.30. The van der Waals surface area contributed by atoms with Crippen LogP contribution in [0.3, 0.4) is 0 Å². The molecule has 1 aliphatic rings. The lowest BCUT2D eigenvalue weighted by Crippen LogP contribution is -2.00. The Labute approximate surface area is 164 Å². The van der Waals surface area contributed by atoms with Gasteiger partial charge in [-0.3, -0.25) is 4.79 Å². The molecule has 1 aromatic heterocycles. The maximum Gasteiger partial charge on any atom is 0.232 e. The Morgan fingerprint density at radius 1 is 1.00 bits per heavy atom. The Hall–Kier alpha value is -3.27. The number of furan rings is 1. The summed E-state index contributed by atoms with van der Waals surface area (Å²) in [7, 11) is 0. The molecule has 0 radical (unpaired) electrons. The highest BCUT2D eigenvalue weighted by atomic mass is 16.5. The van der Waals surface area contributed by atoms with Crippen LogP contribution in [0.4, 0.5) is 0 Å². The van der Waals surface area contributed by atoms with Gasteiger partial charge in [0.1, 0.15) is 29.6 Å². The summed E-state index contributed by atoms with van der Waals surface area (Å²) in [5, 5.41) is 0. The van der Waals surface area contributed by atoms with Gasteiger partial charge in [0.15, 0.2) is 5.76 Å². The molecular weight excluding hydrogens is 352 g/mol. The van der Waals surface area contributed by atoms with Crippen LogP contribution in [0.5, 0.6) is 11.5 Å². The average Bonchev–Trinajstić information content (AvgIpc) is 3.21. The Balaban J connectivity index is 1.58. The molecule has 2 heterocycles. The molecule has 0 aliphatic carbocycles. The number of aryl methyl sites for hydroxylation is 3. The molecule has 0 unspecified atom stereocenters. The number of ether oxygens (including phenoxy) is 2. The van der Waals surface area contributed by atoms with Gasteiger partial charge in [-0.15, -0.1) is 0 Å². The van der Waals surface area contributed by atoms with Crippen molar-refractivity contribution in [3.8, 4) is 11.5 Å². The Bertz CT molecular complexity index is 1100. The van der Waals surface area contributed by atoms with Crippen molar-refractivity contribution >= 4 is 11.9 Å². The third kappa shape index (κ3) is 3.33. The van der Waals surface area contributed by atoms with Crippen molar-refractivity contribution in [3.05, 3.63) is 87.6 Å². The molecule has 1 aliphatic heterocycles. The zero-order valence-electron chi connectivity index (χ0n) is 16.5. The number of fused-ring (bicyclic) bond motifs is 1. The van der Waals surface area contributed by atoms with Crippen LogP contribution < -0.4 is 9.47 Å². The first-order chi connectivity index (χ1) is 13.4. The molecule has 0 saturated heterocycles. The fourth-order valence-electron chi connectivity index (χ4n) is 3.30. The molecule has 0 amide bonds. The zero-order chi connectivity index (χ0) is 19.8. The SMILES string of the molecule is Cc1ccc(C)c(COc2ccc3c(c2C)O/C(=C\c2ccc(C)o2)C3=O)c1. The summed E-state index contributed by atoms with van der Waals surface area (Å²) in [5.41, 5.74) is 4.90. The molecule has 28 heavy (non-hydrogen) atoms. The lowest BCUT2D eigenvalue weighted by atomic mass is 10.1. The molecule has 0 N–H and O–H groups in total. The van der Waals surface area contributed by atoms with E-state index in [-0.39, 0.29) is 11.5 Å². The first kappa shape index (κ1) is 18.1. The maximum atomic E-state index is 12.7. The van der Waals surface area contributed by atoms with Gasteiger partial charge in [0.25, 0.3) is 0 Å². The van der Waals surface area contributed by atoms with Crippen molar-refractivity contribution in [2.45, 2.75) is 34.3 Å². The van der Waals surface area contributed by atoms with Crippen molar-refractivity contribution in [1.82, 2.24) is 0 Å². The molecule has 4 nitrogen and oxygen atoms in total. The van der Waals surface area contributed by atoms with Crippen molar-refractivity contribution in [1.29, 1.82) is 0 Å². The second-order valence-electron chi connectivity index (χ2n) is 7.17. The number of allylic oxidation sites excluding steroid dienone is 1. The number of hydrogen-bond acceptors (Lipinski definition) is 4. The van der Waals surface area contributed by atoms with E-state index < -0.39 is 0 Å². The number of hydrogen-bond donors (Lipinski definition) is 0. The fourth-order valence-corrected chi connectivity index (χ4v) is 3.30. The average molecular weight is 374 g/mol. The minimum absolute atomic E-state index is 0.145. The maximum absolute atomic E-state index is 12.7. The molecule has 0 bridgehead atoms. The molecule has 3 aromatic rings. The van der Waals surface area contributed by atoms with Crippen molar-refractivity contribution < 1.29 is 18.7 Å². The predicted molar refractivity (Wildman–Crippen MR) is 108 cm³/mol. The summed E-state index contributed by atoms with van der Waals surface area (Å²) in [6, 6.07) is 13.6. The van der Waals surface area contributed by atoms with E-state index in [1.807, 2.05) is 32.0 Å². The number of carbonyl (C=O) groups excluding carboxylic acids is 1. The van der Waals surface area contributed by atoms with E-state index in [2.05, 4.69) is 32.0 Å². The Morgan fingerprint density at radius 2 is 1.82 bits per heavy atom. The second-order valence-corrected chi connectivity index (χ2v) is 7.17. The van der Waals surface area contributed by atoms with E-state index in [1.165, 1.54) is 11.1 Å². The molecule has 2 aromatic carbocycles. The van der Waals surface area contributed by atoms with Crippen LogP contribution >= 0.6 is 0 Å². The largest absolute Gasteiger partial charge is 0.488 e. The van der Waals surface area contributed by atoms with Crippen molar-refractivity contribution in [2.24, 2.45) is 0 Å². The van der Waals surface area contributed by atoms with E-state index in [4.69, 9.17) is 13.9 Å². The summed E-state index contributed by atoms with van der Waals surface area (Å²) in [6.07, 6.45) is 1.63. The monoisotopic (exact) mass is 374 g/mol. The zero-order valence-corrected chi connectivity index (χ0v) is 16.5. The molecule has 0 saturated carbocycles. The van der Waals surface area contributed by atoms with Gasteiger partial charge in [0, 0.05) is 11.6 Å². The van der Waals surface area contributed by atoms with Gasteiger partial charge in [-0.25, -0.2) is 0 Å². The summed E-state index contributed by atoms with van der Waals surface area (Å²) in [6.45, 7) is 8.37. The van der Waals surface area contributed by atoms with Crippen LogP contribution in [-0.2, 0) is 6.61 Å². The van der Waals surface area contributed by atoms with Crippen LogP contribution in [0.25, 0.3) is 6.08 Å². The van der Waals surface area contributed by atoms with Crippen molar-refractivity contribution in [2.75, 3.05) is 0 Å². The van der Waals surface area contributed by atoms with Gasteiger partial charge in [0.05, 0.1) is 5.56 Å². The van der Waals surface area contributed by atoms with Gasteiger partial charge in [-0.2, -0.15) is 0 Å². The minimum atomic E-state index is -0.145. The third-order valence-corrected chi connectivity index (χ3v) is 4.96. The number of rotatable bonds is 4. The lowest BCUT2D eigenvalue weighted by Gasteiger charge is -2.13. The van der Waals surface area contributed by atoms with E-state index in [0.717, 1.165) is 16.9 Å². The Kier molecular flexibility index (Phi) is 4.55. The number of Topliss-reactive ketones (excluding diaryl/α,β-unsaturated/α-hetero) is 1. The molecule has 0 spiro atoms.